The van der Waals surface area contributed by atoms with E-state index in [1.807, 2.05) is 24.3 Å². The van der Waals surface area contributed by atoms with Crippen LogP contribution in [0.1, 0.15) is 12.5 Å². The predicted molar refractivity (Wildman–Crippen MR) is 82.4 cm³/mol. The maximum atomic E-state index is 5.87. The van der Waals surface area contributed by atoms with Crippen LogP contribution in [0.3, 0.4) is 0 Å². The third-order valence-electron chi connectivity index (χ3n) is 2.71. The first-order valence-electron chi connectivity index (χ1n) is 5.90. The molecule has 0 saturated heterocycles. The Kier molecular flexibility index (Phi) is 4.67. The SMILES string of the molecule is CC(Cc1ccc(Cl)cc1)Nc1ccc(Br)cc1. The van der Waals surface area contributed by atoms with E-state index in [1.54, 1.807) is 0 Å². The molecule has 0 aromatic heterocycles. The Morgan fingerprint density at radius 3 is 2.28 bits per heavy atom. The summed E-state index contributed by atoms with van der Waals surface area (Å²) in [4.78, 5) is 0. The van der Waals surface area contributed by atoms with Gasteiger partial charge >= 0.3 is 0 Å². The number of hydrogen-bond acceptors (Lipinski definition) is 1. The van der Waals surface area contributed by atoms with Gasteiger partial charge in [-0.15, -0.1) is 0 Å². The van der Waals surface area contributed by atoms with Gasteiger partial charge in [0, 0.05) is 21.2 Å². The zero-order chi connectivity index (χ0) is 13.0. The van der Waals surface area contributed by atoms with Crippen molar-refractivity contribution in [3.63, 3.8) is 0 Å². The molecule has 0 radical (unpaired) electrons. The first-order chi connectivity index (χ1) is 8.63. The molecule has 2 aromatic rings. The summed E-state index contributed by atoms with van der Waals surface area (Å²) in [7, 11) is 0. The van der Waals surface area contributed by atoms with E-state index >= 15 is 0 Å². The zero-order valence-electron chi connectivity index (χ0n) is 10.2. The summed E-state index contributed by atoms with van der Waals surface area (Å²) >= 11 is 9.30. The van der Waals surface area contributed by atoms with Gasteiger partial charge in [-0.25, -0.2) is 0 Å². The summed E-state index contributed by atoms with van der Waals surface area (Å²) in [5.41, 5.74) is 2.43. The highest BCUT2D eigenvalue weighted by atomic mass is 79.9. The standard InChI is InChI=1S/C15H15BrClN/c1-11(10-12-2-6-14(17)7-3-12)18-15-8-4-13(16)5-9-15/h2-9,11,18H,10H2,1H3. The number of benzene rings is 2. The summed E-state index contributed by atoms with van der Waals surface area (Å²) < 4.78 is 1.10. The van der Waals surface area contributed by atoms with Crippen LogP contribution >= 0.6 is 27.5 Å². The minimum absolute atomic E-state index is 0.382. The van der Waals surface area contributed by atoms with E-state index in [0.29, 0.717) is 6.04 Å². The second-order valence-corrected chi connectivity index (χ2v) is 5.73. The molecule has 0 spiro atoms. The van der Waals surface area contributed by atoms with E-state index < -0.39 is 0 Å². The molecule has 0 fully saturated rings. The summed E-state index contributed by atoms with van der Waals surface area (Å²) in [6.45, 7) is 2.18. The third-order valence-corrected chi connectivity index (χ3v) is 3.49. The Morgan fingerprint density at radius 2 is 1.67 bits per heavy atom. The maximum Gasteiger partial charge on any atom is 0.0406 e. The van der Waals surface area contributed by atoms with Gasteiger partial charge in [-0.05, 0) is 55.3 Å². The van der Waals surface area contributed by atoms with Crippen molar-refractivity contribution in [3.8, 4) is 0 Å². The van der Waals surface area contributed by atoms with Crippen LogP contribution in [-0.4, -0.2) is 6.04 Å². The molecule has 0 aliphatic carbocycles. The van der Waals surface area contributed by atoms with Crippen molar-refractivity contribution in [2.75, 3.05) is 5.32 Å². The second-order valence-electron chi connectivity index (χ2n) is 4.38. The van der Waals surface area contributed by atoms with E-state index in [4.69, 9.17) is 11.6 Å². The lowest BCUT2D eigenvalue weighted by Crippen LogP contribution is -2.17. The zero-order valence-corrected chi connectivity index (χ0v) is 12.5. The number of anilines is 1. The van der Waals surface area contributed by atoms with Gasteiger partial charge in [-0.1, -0.05) is 39.7 Å². The molecule has 0 amide bonds. The van der Waals surface area contributed by atoms with Crippen LogP contribution in [0.2, 0.25) is 5.02 Å². The largest absolute Gasteiger partial charge is 0.382 e. The van der Waals surface area contributed by atoms with E-state index in [-0.39, 0.29) is 0 Å². The van der Waals surface area contributed by atoms with Gasteiger partial charge < -0.3 is 5.32 Å². The average molecular weight is 325 g/mol. The highest BCUT2D eigenvalue weighted by Gasteiger charge is 2.03. The average Bonchev–Trinajstić information content (AvgIpc) is 2.35. The van der Waals surface area contributed by atoms with E-state index in [9.17, 15) is 0 Å². The highest BCUT2D eigenvalue weighted by molar-refractivity contribution is 9.10. The third kappa shape index (κ3) is 4.04. The minimum Gasteiger partial charge on any atom is -0.382 e. The van der Waals surface area contributed by atoms with Crippen LogP contribution in [0.5, 0.6) is 0 Å². The van der Waals surface area contributed by atoms with E-state index in [2.05, 4.69) is 52.4 Å². The first-order valence-corrected chi connectivity index (χ1v) is 7.07. The molecule has 94 valence electrons. The first kappa shape index (κ1) is 13.4. The molecule has 0 aliphatic rings. The molecule has 1 atom stereocenters. The lowest BCUT2D eigenvalue weighted by molar-refractivity contribution is 0.790. The number of rotatable bonds is 4. The number of halogens is 2. The Labute approximate surface area is 121 Å². The van der Waals surface area contributed by atoms with Crippen molar-refractivity contribution in [1.29, 1.82) is 0 Å². The summed E-state index contributed by atoms with van der Waals surface area (Å²) in [6.07, 6.45) is 0.979. The second kappa shape index (κ2) is 6.26. The van der Waals surface area contributed by atoms with Crippen LogP contribution < -0.4 is 5.32 Å². The monoisotopic (exact) mass is 323 g/mol. The lowest BCUT2D eigenvalue weighted by Gasteiger charge is -2.15. The molecular formula is C15H15BrClN. The Morgan fingerprint density at radius 1 is 1.06 bits per heavy atom. The Balaban J connectivity index is 1.94. The molecule has 0 heterocycles. The summed E-state index contributed by atoms with van der Waals surface area (Å²) in [6, 6.07) is 16.6. The smallest absolute Gasteiger partial charge is 0.0406 e. The van der Waals surface area contributed by atoms with Crippen molar-refractivity contribution in [3.05, 3.63) is 63.6 Å². The van der Waals surface area contributed by atoms with Gasteiger partial charge in [0.25, 0.3) is 0 Å². The molecule has 1 nitrogen and oxygen atoms in total. The molecular weight excluding hydrogens is 310 g/mol. The van der Waals surface area contributed by atoms with Gasteiger partial charge in [0.2, 0.25) is 0 Å². The number of hydrogen-bond donors (Lipinski definition) is 1. The lowest BCUT2D eigenvalue weighted by atomic mass is 10.1. The normalized spacial score (nSPS) is 12.2. The van der Waals surface area contributed by atoms with Crippen LogP contribution in [0, 0.1) is 0 Å². The van der Waals surface area contributed by atoms with Crippen molar-refractivity contribution in [1.82, 2.24) is 0 Å². The minimum atomic E-state index is 0.382. The molecule has 2 aromatic carbocycles. The van der Waals surface area contributed by atoms with Gasteiger partial charge in [-0.3, -0.25) is 0 Å². The molecule has 1 unspecified atom stereocenters. The molecule has 0 bridgehead atoms. The molecule has 0 aliphatic heterocycles. The fourth-order valence-corrected chi connectivity index (χ4v) is 2.25. The fraction of sp³-hybridized carbons (Fsp3) is 0.200. The van der Waals surface area contributed by atoms with Crippen molar-refractivity contribution in [2.24, 2.45) is 0 Å². The summed E-state index contributed by atoms with van der Waals surface area (Å²) in [5, 5.41) is 4.26. The Hall–Kier alpha value is -0.990. The molecule has 1 N–H and O–H groups in total. The van der Waals surface area contributed by atoms with Gasteiger partial charge in [0.15, 0.2) is 0 Å². The fourth-order valence-electron chi connectivity index (χ4n) is 1.86. The van der Waals surface area contributed by atoms with Crippen LogP contribution in [0.4, 0.5) is 5.69 Å². The molecule has 3 heteroatoms. The van der Waals surface area contributed by atoms with Crippen molar-refractivity contribution >= 4 is 33.2 Å². The van der Waals surface area contributed by atoms with Crippen LogP contribution in [0.25, 0.3) is 0 Å². The van der Waals surface area contributed by atoms with Gasteiger partial charge in [0.05, 0.1) is 0 Å². The Bertz CT molecular complexity index is 445. The quantitative estimate of drug-likeness (QED) is 0.820. The maximum absolute atomic E-state index is 5.87. The van der Waals surface area contributed by atoms with Crippen LogP contribution in [0.15, 0.2) is 53.0 Å². The van der Waals surface area contributed by atoms with Gasteiger partial charge in [0.1, 0.15) is 0 Å². The van der Waals surface area contributed by atoms with Crippen molar-refractivity contribution < 1.29 is 0 Å². The van der Waals surface area contributed by atoms with Gasteiger partial charge in [-0.2, -0.15) is 0 Å². The molecule has 18 heavy (non-hydrogen) atoms. The predicted octanol–water partition coefficient (Wildman–Crippen LogP) is 5.15. The topological polar surface area (TPSA) is 12.0 Å². The molecule has 2 rings (SSSR count). The van der Waals surface area contributed by atoms with Crippen LogP contribution in [-0.2, 0) is 6.42 Å². The number of nitrogens with one attached hydrogen (secondary N) is 1. The molecule has 0 saturated carbocycles. The van der Waals surface area contributed by atoms with E-state index in [1.165, 1.54) is 5.56 Å². The van der Waals surface area contributed by atoms with Crippen molar-refractivity contribution in [2.45, 2.75) is 19.4 Å². The van der Waals surface area contributed by atoms with E-state index in [0.717, 1.165) is 21.6 Å². The summed E-state index contributed by atoms with van der Waals surface area (Å²) in [5.74, 6) is 0. The highest BCUT2D eigenvalue weighted by Crippen LogP contribution is 2.16.